The third kappa shape index (κ3) is 4.19. The zero-order valence-electron chi connectivity index (χ0n) is 14.5. The van der Waals surface area contributed by atoms with Gasteiger partial charge in [0.15, 0.2) is 0 Å². The third-order valence-electron chi connectivity index (χ3n) is 4.38. The van der Waals surface area contributed by atoms with Crippen molar-refractivity contribution in [1.29, 1.82) is 0 Å². The molecule has 2 amide bonds. The summed E-state index contributed by atoms with van der Waals surface area (Å²) in [5.41, 5.74) is 0.438. The van der Waals surface area contributed by atoms with Crippen molar-refractivity contribution in [3.05, 3.63) is 23.9 Å². The minimum absolute atomic E-state index is 0.0985. The second-order valence-electron chi connectivity index (χ2n) is 5.96. The predicted molar refractivity (Wildman–Crippen MR) is 91.8 cm³/mol. The van der Waals surface area contributed by atoms with Gasteiger partial charge in [-0.3, -0.25) is 4.79 Å². The van der Waals surface area contributed by atoms with Crippen molar-refractivity contribution in [2.45, 2.75) is 6.92 Å². The summed E-state index contributed by atoms with van der Waals surface area (Å²) in [5, 5.41) is 0. The van der Waals surface area contributed by atoms with Gasteiger partial charge in [0.2, 0.25) is 0 Å². The van der Waals surface area contributed by atoms with E-state index in [4.69, 9.17) is 9.47 Å². The first kappa shape index (κ1) is 17.5. The van der Waals surface area contributed by atoms with Crippen molar-refractivity contribution >= 4 is 17.8 Å². The molecule has 0 unspecified atom stereocenters. The lowest BCUT2D eigenvalue weighted by atomic mass is 10.2. The number of pyridine rings is 1. The molecule has 1 aromatic heterocycles. The van der Waals surface area contributed by atoms with E-state index in [1.807, 2.05) is 12.1 Å². The third-order valence-corrected chi connectivity index (χ3v) is 4.38. The maximum Gasteiger partial charge on any atom is 0.409 e. The molecule has 0 bridgehead atoms. The number of piperazine rings is 1. The van der Waals surface area contributed by atoms with Crippen LogP contribution in [0.5, 0.6) is 0 Å². The Hall–Kier alpha value is -2.35. The second-order valence-corrected chi connectivity index (χ2v) is 5.96. The molecule has 2 aliphatic rings. The standard InChI is InChI=1S/C17H24N4O4/c1-2-25-17(23)21-8-6-20(7-9-21)16(22)14-4-3-5-15(18-14)19-10-12-24-13-11-19/h3-5H,2,6-13H2,1H3. The highest BCUT2D eigenvalue weighted by atomic mass is 16.6. The van der Waals surface area contributed by atoms with Crippen LogP contribution in [0.2, 0.25) is 0 Å². The number of anilines is 1. The molecule has 0 atom stereocenters. The lowest BCUT2D eigenvalue weighted by Crippen LogP contribution is -2.50. The molecule has 3 rings (SSSR count). The summed E-state index contributed by atoms with van der Waals surface area (Å²) in [6.07, 6.45) is -0.318. The van der Waals surface area contributed by atoms with Crippen LogP contribution in [0.4, 0.5) is 10.6 Å². The Bertz CT molecular complexity index is 610. The van der Waals surface area contributed by atoms with Crippen molar-refractivity contribution in [3.8, 4) is 0 Å². The van der Waals surface area contributed by atoms with Gasteiger partial charge in [-0.25, -0.2) is 9.78 Å². The van der Waals surface area contributed by atoms with Crippen LogP contribution < -0.4 is 4.90 Å². The first-order valence-electron chi connectivity index (χ1n) is 8.69. The van der Waals surface area contributed by atoms with Crippen LogP contribution in [0.1, 0.15) is 17.4 Å². The minimum Gasteiger partial charge on any atom is -0.450 e. The van der Waals surface area contributed by atoms with Crippen LogP contribution in [0.3, 0.4) is 0 Å². The monoisotopic (exact) mass is 348 g/mol. The van der Waals surface area contributed by atoms with Gasteiger partial charge in [-0.2, -0.15) is 0 Å². The van der Waals surface area contributed by atoms with Crippen molar-refractivity contribution in [2.75, 3.05) is 64.0 Å². The van der Waals surface area contributed by atoms with Crippen LogP contribution in [0, 0.1) is 0 Å². The van der Waals surface area contributed by atoms with E-state index in [1.54, 1.807) is 22.8 Å². The molecule has 8 nitrogen and oxygen atoms in total. The van der Waals surface area contributed by atoms with Gasteiger partial charge in [-0.15, -0.1) is 0 Å². The molecule has 0 N–H and O–H groups in total. The normalized spacial score (nSPS) is 18.2. The fraction of sp³-hybridized carbons (Fsp3) is 0.588. The summed E-state index contributed by atoms with van der Waals surface area (Å²) < 4.78 is 10.4. The quantitative estimate of drug-likeness (QED) is 0.806. The average Bonchev–Trinajstić information content (AvgIpc) is 2.68. The smallest absolute Gasteiger partial charge is 0.409 e. The van der Waals surface area contributed by atoms with Gasteiger partial charge in [-0.05, 0) is 19.1 Å². The van der Waals surface area contributed by atoms with Gasteiger partial charge in [0.1, 0.15) is 11.5 Å². The number of hydrogen-bond acceptors (Lipinski definition) is 6. The largest absolute Gasteiger partial charge is 0.450 e. The summed E-state index contributed by atoms with van der Waals surface area (Å²) in [6, 6.07) is 5.52. The molecule has 136 valence electrons. The average molecular weight is 348 g/mol. The number of morpholine rings is 1. The van der Waals surface area contributed by atoms with Crippen LogP contribution in [-0.2, 0) is 9.47 Å². The molecule has 8 heteroatoms. The molecule has 2 fully saturated rings. The van der Waals surface area contributed by atoms with E-state index in [0.29, 0.717) is 51.7 Å². The Morgan fingerprint density at radius 2 is 1.76 bits per heavy atom. The maximum absolute atomic E-state index is 12.7. The summed E-state index contributed by atoms with van der Waals surface area (Å²) in [6.45, 7) is 6.99. The maximum atomic E-state index is 12.7. The van der Waals surface area contributed by atoms with Crippen molar-refractivity contribution in [3.63, 3.8) is 0 Å². The second kappa shape index (κ2) is 8.15. The Morgan fingerprint density at radius 1 is 1.08 bits per heavy atom. The van der Waals surface area contributed by atoms with Crippen LogP contribution in [0.25, 0.3) is 0 Å². The number of rotatable bonds is 3. The molecule has 0 spiro atoms. The summed E-state index contributed by atoms with van der Waals surface area (Å²) in [7, 11) is 0. The van der Waals surface area contributed by atoms with E-state index < -0.39 is 0 Å². The van der Waals surface area contributed by atoms with Gasteiger partial charge in [0.25, 0.3) is 5.91 Å². The Morgan fingerprint density at radius 3 is 2.44 bits per heavy atom. The highest BCUT2D eigenvalue weighted by Gasteiger charge is 2.26. The lowest BCUT2D eigenvalue weighted by molar-refractivity contribution is 0.0566. The number of carbonyl (C=O) groups is 2. The van der Waals surface area contributed by atoms with Crippen LogP contribution in [-0.4, -0.2) is 85.9 Å². The molecule has 1 aromatic rings. The molecule has 2 saturated heterocycles. The van der Waals surface area contributed by atoms with E-state index in [0.717, 1.165) is 18.9 Å². The number of nitrogens with zero attached hydrogens (tertiary/aromatic N) is 4. The molecular weight excluding hydrogens is 324 g/mol. The van der Waals surface area contributed by atoms with Gasteiger partial charge < -0.3 is 24.2 Å². The molecule has 0 saturated carbocycles. The van der Waals surface area contributed by atoms with Gasteiger partial charge in [0, 0.05) is 39.3 Å². The van der Waals surface area contributed by atoms with E-state index in [2.05, 4.69) is 9.88 Å². The van der Waals surface area contributed by atoms with E-state index in [9.17, 15) is 9.59 Å². The first-order valence-corrected chi connectivity index (χ1v) is 8.69. The Balaban J connectivity index is 1.61. The number of hydrogen-bond donors (Lipinski definition) is 0. The number of amides is 2. The van der Waals surface area contributed by atoms with E-state index in [-0.39, 0.29) is 12.0 Å². The zero-order valence-corrected chi connectivity index (χ0v) is 14.5. The lowest BCUT2D eigenvalue weighted by Gasteiger charge is -2.34. The first-order chi connectivity index (χ1) is 12.2. The number of carbonyl (C=O) groups excluding carboxylic acids is 2. The molecule has 0 radical (unpaired) electrons. The molecular formula is C17H24N4O4. The van der Waals surface area contributed by atoms with Crippen LogP contribution in [0.15, 0.2) is 18.2 Å². The number of ether oxygens (including phenoxy) is 2. The predicted octanol–water partition coefficient (Wildman–Crippen LogP) is 0.833. The highest BCUT2D eigenvalue weighted by molar-refractivity contribution is 5.92. The van der Waals surface area contributed by atoms with Crippen molar-refractivity contribution in [2.24, 2.45) is 0 Å². The summed E-state index contributed by atoms with van der Waals surface area (Å²) in [5.74, 6) is 0.706. The molecule has 0 aromatic carbocycles. The van der Waals surface area contributed by atoms with Gasteiger partial charge in [0.05, 0.1) is 19.8 Å². The van der Waals surface area contributed by atoms with E-state index >= 15 is 0 Å². The highest BCUT2D eigenvalue weighted by Crippen LogP contribution is 2.15. The van der Waals surface area contributed by atoms with Gasteiger partial charge in [-0.1, -0.05) is 6.07 Å². The molecule has 2 aliphatic heterocycles. The van der Waals surface area contributed by atoms with Crippen molar-refractivity contribution < 1.29 is 19.1 Å². The fourth-order valence-corrected chi connectivity index (χ4v) is 2.98. The topological polar surface area (TPSA) is 75.2 Å². The van der Waals surface area contributed by atoms with Gasteiger partial charge >= 0.3 is 6.09 Å². The Kier molecular flexibility index (Phi) is 5.70. The fourth-order valence-electron chi connectivity index (χ4n) is 2.98. The summed E-state index contributed by atoms with van der Waals surface area (Å²) in [4.78, 5) is 34.5. The Labute approximate surface area is 147 Å². The minimum atomic E-state index is -0.318. The molecule has 3 heterocycles. The molecule has 25 heavy (non-hydrogen) atoms. The van der Waals surface area contributed by atoms with Crippen molar-refractivity contribution in [1.82, 2.24) is 14.8 Å². The molecule has 0 aliphatic carbocycles. The number of aromatic nitrogens is 1. The SMILES string of the molecule is CCOC(=O)N1CCN(C(=O)c2cccc(N3CCOCC3)n2)CC1. The van der Waals surface area contributed by atoms with E-state index in [1.165, 1.54) is 0 Å². The van der Waals surface area contributed by atoms with Crippen LogP contribution >= 0.6 is 0 Å². The summed E-state index contributed by atoms with van der Waals surface area (Å²) >= 11 is 0. The zero-order chi connectivity index (χ0) is 17.6.